The minimum Gasteiger partial charge on any atom is -0.469 e. The molecule has 0 aromatic rings. The van der Waals surface area contributed by atoms with Crippen LogP contribution < -0.4 is 0 Å². The van der Waals surface area contributed by atoms with Crippen molar-refractivity contribution in [1.82, 2.24) is 0 Å². The lowest BCUT2D eigenvalue weighted by molar-refractivity contribution is -0.158. The molecular formula is C9H16O4. The quantitative estimate of drug-likeness (QED) is 0.621. The van der Waals surface area contributed by atoms with E-state index >= 15 is 0 Å². The van der Waals surface area contributed by atoms with Gasteiger partial charge < -0.3 is 9.47 Å². The molecule has 0 fully saturated rings. The summed E-state index contributed by atoms with van der Waals surface area (Å²) in [6.07, 6.45) is 0.613. The Hall–Kier alpha value is -1.06. The molecule has 4 nitrogen and oxygen atoms in total. The van der Waals surface area contributed by atoms with Gasteiger partial charge in [0.15, 0.2) is 0 Å². The minimum absolute atomic E-state index is 0.0622. The first-order valence-corrected chi connectivity index (χ1v) is 4.15. The van der Waals surface area contributed by atoms with Gasteiger partial charge in [0.05, 0.1) is 26.1 Å². The van der Waals surface area contributed by atoms with Crippen molar-refractivity contribution in [2.75, 3.05) is 14.2 Å². The highest BCUT2D eigenvalue weighted by molar-refractivity contribution is 5.82. The molecule has 0 heterocycles. The van der Waals surface area contributed by atoms with Gasteiger partial charge in [0, 0.05) is 0 Å². The number of esters is 2. The van der Waals surface area contributed by atoms with Crippen LogP contribution in [-0.2, 0) is 19.1 Å². The first-order valence-electron chi connectivity index (χ1n) is 4.15. The summed E-state index contributed by atoms with van der Waals surface area (Å²) in [6.45, 7) is 3.52. The normalized spacial score (nSPS) is 14.5. The predicted molar refractivity (Wildman–Crippen MR) is 47.0 cm³/mol. The molecule has 13 heavy (non-hydrogen) atoms. The molecular weight excluding hydrogens is 172 g/mol. The van der Waals surface area contributed by atoms with E-state index in [1.54, 1.807) is 6.92 Å². The predicted octanol–water partition coefficient (Wildman–Crippen LogP) is 1.14. The summed E-state index contributed by atoms with van der Waals surface area (Å²) < 4.78 is 9.10. The fourth-order valence-corrected chi connectivity index (χ4v) is 0.979. The first-order chi connectivity index (χ1) is 6.00. The van der Waals surface area contributed by atoms with E-state index in [1.165, 1.54) is 14.2 Å². The van der Waals surface area contributed by atoms with Crippen LogP contribution in [0.25, 0.3) is 0 Å². The zero-order valence-corrected chi connectivity index (χ0v) is 8.55. The van der Waals surface area contributed by atoms with Crippen molar-refractivity contribution in [3.63, 3.8) is 0 Å². The van der Waals surface area contributed by atoms with Crippen molar-refractivity contribution < 1.29 is 19.1 Å². The average Bonchev–Trinajstić information content (AvgIpc) is 2.15. The number of rotatable bonds is 4. The molecule has 0 N–H and O–H groups in total. The van der Waals surface area contributed by atoms with Crippen LogP contribution in [-0.4, -0.2) is 26.2 Å². The molecule has 0 bridgehead atoms. The second kappa shape index (κ2) is 4.84. The number of carbonyl (C=O) groups excluding carboxylic acids is 2. The molecule has 4 heteroatoms. The summed E-state index contributed by atoms with van der Waals surface area (Å²) in [4.78, 5) is 22.3. The topological polar surface area (TPSA) is 52.6 Å². The molecule has 0 aliphatic rings. The second-order valence-corrected chi connectivity index (χ2v) is 3.16. The fourth-order valence-electron chi connectivity index (χ4n) is 0.979. The molecule has 0 aliphatic carbocycles. The fraction of sp³-hybridized carbons (Fsp3) is 0.778. The van der Waals surface area contributed by atoms with Crippen molar-refractivity contribution in [3.8, 4) is 0 Å². The first kappa shape index (κ1) is 11.9. The number of hydrogen-bond acceptors (Lipinski definition) is 4. The van der Waals surface area contributed by atoms with E-state index in [0.29, 0.717) is 6.42 Å². The van der Waals surface area contributed by atoms with E-state index in [0.717, 1.165) is 0 Å². The summed E-state index contributed by atoms with van der Waals surface area (Å²) >= 11 is 0. The third kappa shape index (κ3) is 3.05. The standard InChI is InChI=1S/C9H16O4/c1-5-9(2,8(11)13-4)6-7(10)12-3/h5-6H2,1-4H3/t9-/m0/s1. The van der Waals surface area contributed by atoms with E-state index in [4.69, 9.17) is 0 Å². The molecule has 0 aromatic carbocycles. The molecule has 0 rings (SSSR count). The van der Waals surface area contributed by atoms with Crippen molar-refractivity contribution in [2.45, 2.75) is 26.7 Å². The Morgan fingerprint density at radius 1 is 1.23 bits per heavy atom. The largest absolute Gasteiger partial charge is 0.469 e. The highest BCUT2D eigenvalue weighted by atomic mass is 16.5. The molecule has 0 spiro atoms. The summed E-state index contributed by atoms with van der Waals surface area (Å²) in [5.74, 6) is -0.768. The summed E-state index contributed by atoms with van der Waals surface area (Å²) in [6, 6.07) is 0. The maximum Gasteiger partial charge on any atom is 0.312 e. The lowest BCUT2D eigenvalue weighted by atomic mass is 9.84. The van der Waals surface area contributed by atoms with Gasteiger partial charge in [-0.15, -0.1) is 0 Å². The van der Waals surface area contributed by atoms with Crippen LogP contribution in [0.3, 0.4) is 0 Å². The molecule has 0 amide bonds. The van der Waals surface area contributed by atoms with Gasteiger partial charge in [-0.3, -0.25) is 9.59 Å². The summed E-state index contributed by atoms with van der Waals surface area (Å²) in [5.41, 5.74) is -0.762. The molecule has 0 saturated carbocycles. The molecule has 0 aliphatic heterocycles. The Balaban J connectivity index is 4.45. The lowest BCUT2D eigenvalue weighted by Gasteiger charge is -2.23. The molecule has 1 atom stereocenters. The zero-order valence-electron chi connectivity index (χ0n) is 8.55. The Labute approximate surface area is 78.2 Å². The SMILES string of the molecule is CC[C@@](C)(CC(=O)OC)C(=O)OC. The van der Waals surface area contributed by atoms with Gasteiger partial charge in [-0.1, -0.05) is 6.92 Å². The van der Waals surface area contributed by atoms with E-state index in [1.807, 2.05) is 6.92 Å². The second-order valence-electron chi connectivity index (χ2n) is 3.16. The highest BCUT2D eigenvalue weighted by Gasteiger charge is 2.35. The van der Waals surface area contributed by atoms with Crippen LogP contribution in [0.1, 0.15) is 26.7 Å². The maximum absolute atomic E-state index is 11.3. The van der Waals surface area contributed by atoms with Crippen molar-refractivity contribution in [2.24, 2.45) is 5.41 Å². The van der Waals surface area contributed by atoms with E-state index in [2.05, 4.69) is 9.47 Å². The van der Waals surface area contributed by atoms with Gasteiger partial charge in [-0.05, 0) is 13.3 Å². The van der Waals surface area contributed by atoms with Crippen molar-refractivity contribution >= 4 is 11.9 Å². The number of methoxy groups -OCH3 is 2. The van der Waals surface area contributed by atoms with Gasteiger partial charge in [-0.25, -0.2) is 0 Å². The van der Waals surface area contributed by atoms with Crippen molar-refractivity contribution in [1.29, 1.82) is 0 Å². The van der Waals surface area contributed by atoms with E-state index in [9.17, 15) is 9.59 Å². The Bertz CT molecular complexity index is 200. The lowest BCUT2D eigenvalue weighted by Crippen LogP contribution is -2.31. The monoisotopic (exact) mass is 188 g/mol. The number of hydrogen-bond donors (Lipinski definition) is 0. The Morgan fingerprint density at radius 3 is 2.08 bits per heavy atom. The van der Waals surface area contributed by atoms with Gasteiger partial charge >= 0.3 is 11.9 Å². The van der Waals surface area contributed by atoms with Gasteiger partial charge in [-0.2, -0.15) is 0 Å². The average molecular weight is 188 g/mol. The molecule has 0 unspecified atom stereocenters. The van der Waals surface area contributed by atoms with Gasteiger partial charge in [0.25, 0.3) is 0 Å². The molecule has 0 radical (unpaired) electrons. The van der Waals surface area contributed by atoms with E-state index in [-0.39, 0.29) is 12.4 Å². The number of ether oxygens (including phenoxy) is 2. The van der Waals surface area contributed by atoms with Crippen molar-refractivity contribution in [3.05, 3.63) is 0 Å². The Morgan fingerprint density at radius 2 is 1.77 bits per heavy atom. The van der Waals surface area contributed by atoms with Crippen LogP contribution in [0.5, 0.6) is 0 Å². The third-order valence-corrected chi connectivity index (χ3v) is 2.22. The zero-order chi connectivity index (χ0) is 10.5. The Kier molecular flexibility index (Phi) is 4.45. The van der Waals surface area contributed by atoms with Crippen LogP contribution in [0.15, 0.2) is 0 Å². The van der Waals surface area contributed by atoms with Crippen LogP contribution in [0, 0.1) is 5.41 Å². The molecule has 0 saturated heterocycles. The van der Waals surface area contributed by atoms with Crippen LogP contribution >= 0.6 is 0 Å². The van der Waals surface area contributed by atoms with Gasteiger partial charge in [0.2, 0.25) is 0 Å². The molecule has 76 valence electrons. The smallest absolute Gasteiger partial charge is 0.312 e. The van der Waals surface area contributed by atoms with E-state index < -0.39 is 11.4 Å². The highest BCUT2D eigenvalue weighted by Crippen LogP contribution is 2.27. The summed E-state index contributed by atoms with van der Waals surface area (Å²) in [7, 11) is 2.61. The minimum atomic E-state index is -0.762. The van der Waals surface area contributed by atoms with Crippen LogP contribution in [0.2, 0.25) is 0 Å². The third-order valence-electron chi connectivity index (χ3n) is 2.22. The molecule has 0 aromatic heterocycles. The maximum atomic E-state index is 11.3. The van der Waals surface area contributed by atoms with Crippen LogP contribution in [0.4, 0.5) is 0 Å². The van der Waals surface area contributed by atoms with Gasteiger partial charge in [0.1, 0.15) is 0 Å². The number of carbonyl (C=O) groups is 2. The summed E-state index contributed by atoms with van der Waals surface area (Å²) in [5, 5.41) is 0.